The Morgan fingerprint density at radius 2 is 1.08 bits per heavy atom. The third kappa shape index (κ3) is 14.6. The summed E-state index contributed by atoms with van der Waals surface area (Å²) in [4.78, 5) is 10.2. The molecule has 0 atom stereocenters. The minimum Gasteiger partial charge on any atom is -0.491 e. The van der Waals surface area contributed by atoms with Crippen LogP contribution in [0, 0.1) is 0 Å². The summed E-state index contributed by atoms with van der Waals surface area (Å²) in [5.74, 6) is -0.152. The van der Waals surface area contributed by atoms with Crippen molar-refractivity contribution in [3.05, 3.63) is 30.3 Å². The first-order valence-corrected chi connectivity index (χ1v) is 8.57. The Morgan fingerprint density at radius 1 is 0.654 bits per heavy atom. The molecule has 0 aliphatic heterocycles. The van der Waals surface area contributed by atoms with E-state index >= 15 is 0 Å². The summed E-state index contributed by atoms with van der Waals surface area (Å²) < 4.78 is 31.6. The highest BCUT2D eigenvalue weighted by molar-refractivity contribution is 5.67. The van der Waals surface area contributed by atoms with Crippen LogP contribution in [0.5, 0.6) is 5.75 Å². The summed E-state index contributed by atoms with van der Waals surface area (Å²) in [6.45, 7) is 4.20. The number of rotatable bonds is 18. The zero-order chi connectivity index (χ0) is 18.7. The van der Waals surface area contributed by atoms with E-state index < -0.39 is 5.97 Å². The molecule has 0 heterocycles. The van der Waals surface area contributed by atoms with E-state index in [9.17, 15) is 4.79 Å². The Hall–Kier alpha value is -1.71. The molecule has 0 saturated carbocycles. The first-order valence-electron chi connectivity index (χ1n) is 8.57. The molecule has 0 aliphatic rings. The minimum atomic E-state index is -0.987. The van der Waals surface area contributed by atoms with Crippen molar-refractivity contribution in [2.45, 2.75) is 0 Å². The topological polar surface area (TPSA) is 92.7 Å². The van der Waals surface area contributed by atoms with Gasteiger partial charge in [0.15, 0.2) is 0 Å². The summed E-state index contributed by atoms with van der Waals surface area (Å²) in [7, 11) is 0. The van der Waals surface area contributed by atoms with Crippen LogP contribution in [-0.2, 0) is 28.5 Å². The molecule has 1 aromatic carbocycles. The largest absolute Gasteiger partial charge is 0.491 e. The van der Waals surface area contributed by atoms with E-state index in [0.29, 0.717) is 59.5 Å². The summed E-state index contributed by atoms with van der Waals surface area (Å²) in [6, 6.07) is 9.60. The van der Waals surface area contributed by atoms with Crippen molar-refractivity contribution in [1.29, 1.82) is 0 Å². The van der Waals surface area contributed by atoms with E-state index in [1.54, 1.807) is 0 Å². The predicted molar refractivity (Wildman–Crippen MR) is 93.7 cm³/mol. The van der Waals surface area contributed by atoms with Gasteiger partial charge < -0.3 is 33.5 Å². The van der Waals surface area contributed by atoms with Gasteiger partial charge in [-0.25, -0.2) is 4.79 Å². The first-order chi connectivity index (χ1) is 12.8. The molecule has 26 heavy (non-hydrogen) atoms. The van der Waals surface area contributed by atoms with Crippen molar-refractivity contribution in [1.82, 2.24) is 0 Å². The lowest BCUT2D eigenvalue weighted by Gasteiger charge is -2.08. The molecule has 148 valence electrons. The minimum absolute atomic E-state index is 0.256. The van der Waals surface area contributed by atoms with Crippen LogP contribution in [0.25, 0.3) is 0 Å². The van der Waals surface area contributed by atoms with Gasteiger partial charge in [-0.2, -0.15) is 0 Å². The fourth-order valence-electron chi connectivity index (χ4n) is 1.77. The third-order valence-electron chi connectivity index (χ3n) is 2.95. The number of hydrogen-bond acceptors (Lipinski definition) is 7. The van der Waals surface area contributed by atoms with Gasteiger partial charge in [0.1, 0.15) is 19.0 Å². The molecule has 0 fully saturated rings. The van der Waals surface area contributed by atoms with Crippen LogP contribution in [0.1, 0.15) is 0 Å². The van der Waals surface area contributed by atoms with Gasteiger partial charge in [0.25, 0.3) is 0 Å². The zero-order valence-corrected chi connectivity index (χ0v) is 15.0. The number of carboxylic acids is 1. The molecule has 1 N–H and O–H groups in total. The van der Waals surface area contributed by atoms with E-state index in [2.05, 4.69) is 0 Å². The highest BCUT2D eigenvalue weighted by Gasteiger charge is 1.96. The molecule has 0 bridgehead atoms. The van der Waals surface area contributed by atoms with E-state index in [0.717, 1.165) is 5.75 Å². The van der Waals surface area contributed by atoms with Gasteiger partial charge in [-0.15, -0.1) is 0 Å². The Morgan fingerprint density at radius 3 is 1.54 bits per heavy atom. The fourth-order valence-corrected chi connectivity index (χ4v) is 1.77. The van der Waals surface area contributed by atoms with Gasteiger partial charge in [-0.05, 0) is 12.1 Å². The molecule has 8 heteroatoms. The molecule has 0 aromatic heterocycles. The Bertz CT molecular complexity index is 440. The second kappa shape index (κ2) is 16.7. The van der Waals surface area contributed by atoms with E-state index in [1.807, 2.05) is 30.3 Å². The van der Waals surface area contributed by atoms with Crippen LogP contribution in [0.4, 0.5) is 0 Å². The van der Waals surface area contributed by atoms with Crippen molar-refractivity contribution in [2.75, 3.05) is 72.7 Å². The Balaban J connectivity index is 1.70. The first kappa shape index (κ1) is 22.3. The highest BCUT2D eigenvalue weighted by Crippen LogP contribution is 2.07. The summed E-state index contributed by atoms with van der Waals surface area (Å²) in [6.07, 6.45) is 0. The van der Waals surface area contributed by atoms with Gasteiger partial charge in [-0.3, -0.25) is 0 Å². The maximum Gasteiger partial charge on any atom is 0.329 e. The van der Waals surface area contributed by atoms with Crippen LogP contribution in [0.3, 0.4) is 0 Å². The van der Waals surface area contributed by atoms with Crippen molar-refractivity contribution in [2.24, 2.45) is 0 Å². The molecular formula is C18H28O8. The third-order valence-corrected chi connectivity index (χ3v) is 2.95. The quantitative estimate of drug-likeness (QED) is 0.385. The number of carbonyl (C=O) groups is 1. The average molecular weight is 372 g/mol. The lowest BCUT2D eigenvalue weighted by molar-refractivity contribution is -0.142. The standard InChI is InChI=1S/C18H28O8/c19-18(20)16-25-13-12-23-9-8-21-6-7-22-10-11-24-14-15-26-17-4-2-1-3-5-17/h1-5H,6-16H2,(H,19,20). The molecule has 8 nitrogen and oxygen atoms in total. The molecule has 0 spiro atoms. The lowest BCUT2D eigenvalue weighted by atomic mass is 10.3. The van der Waals surface area contributed by atoms with Gasteiger partial charge in [0, 0.05) is 0 Å². The van der Waals surface area contributed by atoms with Crippen LogP contribution in [0.15, 0.2) is 30.3 Å². The number of ether oxygens (including phenoxy) is 6. The van der Waals surface area contributed by atoms with Crippen LogP contribution >= 0.6 is 0 Å². The van der Waals surface area contributed by atoms with Crippen molar-refractivity contribution < 1.29 is 38.3 Å². The fraction of sp³-hybridized carbons (Fsp3) is 0.611. The van der Waals surface area contributed by atoms with Crippen molar-refractivity contribution in [3.63, 3.8) is 0 Å². The molecule has 0 amide bonds. The van der Waals surface area contributed by atoms with Gasteiger partial charge in [0.05, 0.1) is 59.5 Å². The number of hydrogen-bond donors (Lipinski definition) is 1. The summed E-state index contributed by atoms with van der Waals surface area (Å²) >= 11 is 0. The molecule has 0 aliphatic carbocycles. The van der Waals surface area contributed by atoms with Gasteiger partial charge >= 0.3 is 5.97 Å². The maximum atomic E-state index is 10.2. The number of carboxylic acid groups (broad SMARTS) is 1. The normalized spacial score (nSPS) is 10.8. The number of aliphatic carboxylic acids is 1. The molecule has 0 saturated heterocycles. The highest BCUT2D eigenvalue weighted by atomic mass is 16.6. The Kier molecular flexibility index (Phi) is 14.4. The van der Waals surface area contributed by atoms with Crippen LogP contribution < -0.4 is 4.74 Å². The van der Waals surface area contributed by atoms with E-state index in [-0.39, 0.29) is 13.2 Å². The van der Waals surface area contributed by atoms with Gasteiger partial charge in [-0.1, -0.05) is 18.2 Å². The lowest BCUT2D eigenvalue weighted by Crippen LogP contribution is -2.15. The van der Waals surface area contributed by atoms with Crippen LogP contribution in [-0.4, -0.2) is 83.8 Å². The number of benzene rings is 1. The monoisotopic (exact) mass is 372 g/mol. The van der Waals surface area contributed by atoms with Gasteiger partial charge in [0.2, 0.25) is 0 Å². The molecular weight excluding hydrogens is 344 g/mol. The number of para-hydroxylation sites is 1. The van der Waals surface area contributed by atoms with E-state index in [4.69, 9.17) is 33.5 Å². The summed E-state index contributed by atoms with van der Waals surface area (Å²) in [5.41, 5.74) is 0. The molecule has 0 radical (unpaired) electrons. The smallest absolute Gasteiger partial charge is 0.329 e. The second-order valence-corrected chi connectivity index (χ2v) is 5.06. The Labute approximate surface area is 153 Å². The van der Waals surface area contributed by atoms with Crippen molar-refractivity contribution in [3.8, 4) is 5.75 Å². The average Bonchev–Trinajstić information content (AvgIpc) is 2.65. The van der Waals surface area contributed by atoms with Crippen molar-refractivity contribution >= 4 is 5.97 Å². The molecule has 1 aromatic rings. The van der Waals surface area contributed by atoms with E-state index in [1.165, 1.54) is 0 Å². The molecule has 1 rings (SSSR count). The predicted octanol–water partition coefficient (Wildman–Crippen LogP) is 1.23. The maximum absolute atomic E-state index is 10.2. The summed E-state index contributed by atoms with van der Waals surface area (Å²) in [5, 5.41) is 8.36. The molecule has 0 unspecified atom stereocenters. The van der Waals surface area contributed by atoms with Crippen LogP contribution in [0.2, 0.25) is 0 Å². The SMILES string of the molecule is O=C(O)COCCOCCOCCOCCOCCOc1ccccc1. The second-order valence-electron chi connectivity index (χ2n) is 5.06. The zero-order valence-electron chi connectivity index (χ0n) is 15.0.